The second kappa shape index (κ2) is 9.00. The fraction of sp³-hybridized carbons (Fsp3) is 0.158. The summed E-state index contributed by atoms with van der Waals surface area (Å²) < 4.78 is 10.2. The standard InChI is InChI=1S/C19H17N3O4S/c1-2-25-19(24)13-5-7-14(8-6-13)20-17(23)12-27-18-10-9-15(21-22-18)16-4-3-11-26-16/h3-11H,2,12H2,1H3,(H,20,23). The van der Waals surface area contributed by atoms with Crippen molar-refractivity contribution in [1.29, 1.82) is 0 Å². The minimum atomic E-state index is -0.387. The molecule has 3 rings (SSSR count). The predicted molar refractivity (Wildman–Crippen MR) is 101 cm³/mol. The number of furan rings is 1. The quantitative estimate of drug-likeness (QED) is 0.491. The predicted octanol–water partition coefficient (Wildman–Crippen LogP) is 3.64. The van der Waals surface area contributed by atoms with Gasteiger partial charge in [-0.05, 0) is 55.5 Å². The minimum absolute atomic E-state index is 0.180. The van der Waals surface area contributed by atoms with Gasteiger partial charge in [-0.3, -0.25) is 4.79 Å². The highest BCUT2D eigenvalue weighted by atomic mass is 32.2. The van der Waals surface area contributed by atoms with Gasteiger partial charge in [0.15, 0.2) is 5.76 Å². The highest BCUT2D eigenvalue weighted by Crippen LogP contribution is 2.20. The van der Waals surface area contributed by atoms with Crippen LogP contribution in [0.5, 0.6) is 0 Å². The number of rotatable bonds is 7. The van der Waals surface area contributed by atoms with Crippen molar-refractivity contribution in [2.75, 3.05) is 17.7 Å². The van der Waals surface area contributed by atoms with Crippen molar-refractivity contribution in [1.82, 2.24) is 10.2 Å². The number of nitrogens with one attached hydrogen (secondary N) is 1. The van der Waals surface area contributed by atoms with E-state index in [2.05, 4.69) is 15.5 Å². The molecule has 3 aromatic rings. The second-order valence-electron chi connectivity index (χ2n) is 5.37. The second-order valence-corrected chi connectivity index (χ2v) is 6.36. The van der Waals surface area contributed by atoms with Crippen molar-refractivity contribution in [3.63, 3.8) is 0 Å². The van der Waals surface area contributed by atoms with Crippen LogP contribution >= 0.6 is 11.8 Å². The zero-order chi connectivity index (χ0) is 19.1. The van der Waals surface area contributed by atoms with Gasteiger partial charge in [-0.15, -0.1) is 10.2 Å². The van der Waals surface area contributed by atoms with E-state index in [1.807, 2.05) is 0 Å². The number of carbonyl (C=O) groups excluding carboxylic acids is 2. The van der Waals surface area contributed by atoms with Crippen LogP contribution < -0.4 is 5.32 Å². The van der Waals surface area contributed by atoms with Gasteiger partial charge >= 0.3 is 5.97 Å². The van der Waals surface area contributed by atoms with Crippen molar-refractivity contribution >= 4 is 29.3 Å². The van der Waals surface area contributed by atoms with Crippen molar-refractivity contribution in [3.8, 4) is 11.5 Å². The molecule has 0 spiro atoms. The molecular weight excluding hydrogens is 366 g/mol. The Labute approximate surface area is 160 Å². The topological polar surface area (TPSA) is 94.3 Å². The smallest absolute Gasteiger partial charge is 0.338 e. The Hall–Kier alpha value is -3.13. The van der Waals surface area contributed by atoms with Crippen LogP contribution in [0, 0.1) is 0 Å². The summed E-state index contributed by atoms with van der Waals surface area (Å²) in [4.78, 5) is 23.7. The van der Waals surface area contributed by atoms with E-state index in [1.54, 1.807) is 61.7 Å². The van der Waals surface area contributed by atoms with Gasteiger partial charge in [0.05, 0.1) is 24.2 Å². The molecule has 138 valence electrons. The largest absolute Gasteiger partial charge is 0.463 e. The maximum atomic E-state index is 12.1. The molecular formula is C19H17N3O4S. The molecule has 0 radical (unpaired) electrons. The summed E-state index contributed by atoms with van der Waals surface area (Å²) in [5.74, 6) is 0.264. The van der Waals surface area contributed by atoms with E-state index in [-0.39, 0.29) is 17.6 Å². The Morgan fingerprint density at radius 1 is 1.11 bits per heavy atom. The van der Waals surface area contributed by atoms with Gasteiger partial charge < -0.3 is 14.5 Å². The monoisotopic (exact) mass is 383 g/mol. The average molecular weight is 383 g/mol. The molecule has 0 aliphatic heterocycles. The molecule has 8 heteroatoms. The first-order chi connectivity index (χ1) is 13.2. The van der Waals surface area contributed by atoms with E-state index < -0.39 is 0 Å². The Balaban J connectivity index is 1.50. The number of carbonyl (C=O) groups is 2. The van der Waals surface area contributed by atoms with Gasteiger partial charge in [0, 0.05) is 5.69 Å². The molecule has 0 aliphatic rings. The molecule has 1 N–H and O–H groups in total. The number of aromatic nitrogens is 2. The number of benzene rings is 1. The highest BCUT2D eigenvalue weighted by molar-refractivity contribution is 7.99. The molecule has 0 saturated carbocycles. The van der Waals surface area contributed by atoms with Crippen LogP contribution in [0.15, 0.2) is 64.2 Å². The summed E-state index contributed by atoms with van der Waals surface area (Å²) in [6, 6.07) is 13.7. The molecule has 0 atom stereocenters. The van der Waals surface area contributed by atoms with Crippen LogP contribution in [0.2, 0.25) is 0 Å². The number of amides is 1. The molecule has 7 nitrogen and oxygen atoms in total. The number of ether oxygens (including phenoxy) is 1. The lowest BCUT2D eigenvalue weighted by molar-refractivity contribution is -0.113. The lowest BCUT2D eigenvalue weighted by Crippen LogP contribution is -2.14. The Kier molecular flexibility index (Phi) is 6.22. The first-order valence-corrected chi connectivity index (χ1v) is 9.21. The Morgan fingerprint density at radius 3 is 2.56 bits per heavy atom. The summed E-state index contributed by atoms with van der Waals surface area (Å²) in [6.07, 6.45) is 1.57. The fourth-order valence-corrected chi connectivity index (χ4v) is 2.81. The molecule has 2 heterocycles. The maximum Gasteiger partial charge on any atom is 0.338 e. The number of anilines is 1. The first kappa shape index (κ1) is 18.7. The molecule has 1 aromatic carbocycles. The van der Waals surface area contributed by atoms with Gasteiger partial charge in [0.1, 0.15) is 10.7 Å². The normalized spacial score (nSPS) is 10.4. The third-order valence-electron chi connectivity index (χ3n) is 3.44. The summed E-state index contributed by atoms with van der Waals surface area (Å²) in [6.45, 7) is 2.07. The number of esters is 1. The van der Waals surface area contributed by atoms with Crippen LogP contribution in [-0.4, -0.2) is 34.4 Å². The Bertz CT molecular complexity index is 894. The van der Waals surface area contributed by atoms with E-state index in [9.17, 15) is 9.59 Å². The van der Waals surface area contributed by atoms with E-state index in [0.717, 1.165) is 0 Å². The van der Waals surface area contributed by atoms with E-state index in [1.165, 1.54) is 11.8 Å². The van der Waals surface area contributed by atoms with Crippen molar-refractivity contribution < 1.29 is 18.7 Å². The lowest BCUT2D eigenvalue weighted by Gasteiger charge is -2.06. The van der Waals surface area contributed by atoms with Crippen LogP contribution in [0.25, 0.3) is 11.5 Å². The van der Waals surface area contributed by atoms with E-state index in [4.69, 9.17) is 9.15 Å². The van der Waals surface area contributed by atoms with Gasteiger partial charge in [0.2, 0.25) is 5.91 Å². The summed E-state index contributed by atoms with van der Waals surface area (Å²) in [5, 5.41) is 11.6. The first-order valence-electron chi connectivity index (χ1n) is 8.23. The zero-order valence-electron chi connectivity index (χ0n) is 14.5. The highest BCUT2D eigenvalue weighted by Gasteiger charge is 2.09. The van der Waals surface area contributed by atoms with Crippen molar-refractivity contribution in [2.45, 2.75) is 11.9 Å². The van der Waals surface area contributed by atoms with Gasteiger partial charge in [-0.2, -0.15) is 0 Å². The number of hydrogen-bond donors (Lipinski definition) is 1. The molecule has 1 amide bonds. The third kappa shape index (κ3) is 5.18. The van der Waals surface area contributed by atoms with Crippen LogP contribution in [0.4, 0.5) is 5.69 Å². The molecule has 0 unspecified atom stereocenters. The van der Waals surface area contributed by atoms with Crippen molar-refractivity contribution in [3.05, 3.63) is 60.4 Å². The van der Waals surface area contributed by atoms with E-state index >= 15 is 0 Å². The molecule has 0 aliphatic carbocycles. The molecule has 27 heavy (non-hydrogen) atoms. The third-order valence-corrected chi connectivity index (χ3v) is 4.36. The lowest BCUT2D eigenvalue weighted by atomic mass is 10.2. The average Bonchev–Trinajstić information content (AvgIpc) is 3.22. The van der Waals surface area contributed by atoms with Gasteiger partial charge in [-0.1, -0.05) is 11.8 Å². The maximum absolute atomic E-state index is 12.1. The minimum Gasteiger partial charge on any atom is -0.463 e. The Morgan fingerprint density at radius 2 is 1.93 bits per heavy atom. The fourth-order valence-electron chi connectivity index (χ4n) is 2.19. The number of nitrogens with zero attached hydrogens (tertiary/aromatic N) is 2. The molecule has 0 fully saturated rings. The summed E-state index contributed by atoms with van der Waals surface area (Å²) in [7, 11) is 0. The van der Waals surface area contributed by atoms with Crippen LogP contribution in [-0.2, 0) is 9.53 Å². The zero-order valence-corrected chi connectivity index (χ0v) is 15.4. The summed E-state index contributed by atoms with van der Waals surface area (Å²) >= 11 is 1.28. The SMILES string of the molecule is CCOC(=O)c1ccc(NC(=O)CSc2ccc(-c3ccco3)nn2)cc1. The van der Waals surface area contributed by atoms with Crippen LogP contribution in [0.3, 0.4) is 0 Å². The number of hydrogen-bond acceptors (Lipinski definition) is 7. The van der Waals surface area contributed by atoms with Gasteiger partial charge in [0.25, 0.3) is 0 Å². The molecule has 0 saturated heterocycles. The van der Waals surface area contributed by atoms with Gasteiger partial charge in [-0.25, -0.2) is 4.79 Å². The van der Waals surface area contributed by atoms with Crippen LogP contribution in [0.1, 0.15) is 17.3 Å². The van der Waals surface area contributed by atoms with E-state index in [0.29, 0.717) is 34.3 Å². The number of thioether (sulfide) groups is 1. The molecule has 2 aromatic heterocycles. The van der Waals surface area contributed by atoms with Crippen molar-refractivity contribution in [2.24, 2.45) is 0 Å². The summed E-state index contributed by atoms with van der Waals surface area (Å²) in [5.41, 5.74) is 1.68. The molecule has 0 bridgehead atoms.